The lowest BCUT2D eigenvalue weighted by molar-refractivity contribution is -0.274. The Morgan fingerprint density at radius 1 is 1.06 bits per heavy atom. The van der Waals surface area contributed by atoms with Gasteiger partial charge in [0.15, 0.2) is 0 Å². The van der Waals surface area contributed by atoms with E-state index in [2.05, 4.69) is 4.74 Å². The minimum Gasteiger partial charge on any atom is -0.406 e. The molecule has 0 fully saturated rings. The highest BCUT2D eigenvalue weighted by molar-refractivity contribution is 7.08. The van der Waals surface area contributed by atoms with Crippen LogP contribution in [0.5, 0.6) is 5.75 Å². The molecule has 0 saturated heterocycles. The molecule has 0 spiro atoms. The van der Waals surface area contributed by atoms with E-state index in [0.717, 1.165) is 11.1 Å². The fraction of sp³-hybridized carbons (Fsp3) is 0.167. The van der Waals surface area contributed by atoms with Crippen molar-refractivity contribution in [3.63, 3.8) is 0 Å². The lowest BCUT2D eigenvalue weighted by atomic mass is 10.0. The molecule has 1 heterocycles. The molecular formula is C12H10F3NOS. The molecule has 0 amide bonds. The van der Waals surface area contributed by atoms with Gasteiger partial charge < -0.3 is 10.5 Å². The molecule has 1 aromatic carbocycles. The van der Waals surface area contributed by atoms with E-state index in [-0.39, 0.29) is 11.8 Å². The fourth-order valence-corrected chi connectivity index (χ4v) is 2.22. The van der Waals surface area contributed by atoms with Gasteiger partial charge in [0, 0.05) is 0 Å². The van der Waals surface area contributed by atoms with Gasteiger partial charge in [0.2, 0.25) is 0 Å². The molecule has 2 nitrogen and oxygen atoms in total. The molecule has 18 heavy (non-hydrogen) atoms. The number of rotatable bonds is 3. The van der Waals surface area contributed by atoms with Gasteiger partial charge in [-0.05, 0) is 40.1 Å². The van der Waals surface area contributed by atoms with Gasteiger partial charge in [-0.3, -0.25) is 0 Å². The van der Waals surface area contributed by atoms with Crippen LogP contribution >= 0.6 is 11.3 Å². The first-order chi connectivity index (χ1) is 8.46. The van der Waals surface area contributed by atoms with Crippen LogP contribution in [0.4, 0.5) is 13.2 Å². The number of alkyl halides is 3. The first-order valence-corrected chi connectivity index (χ1v) is 6.03. The van der Waals surface area contributed by atoms with E-state index >= 15 is 0 Å². The molecule has 2 aromatic rings. The van der Waals surface area contributed by atoms with E-state index in [9.17, 15) is 13.2 Å². The van der Waals surface area contributed by atoms with Crippen molar-refractivity contribution in [1.82, 2.24) is 0 Å². The Hall–Kier alpha value is -1.53. The third-order valence-corrected chi connectivity index (χ3v) is 3.08. The predicted octanol–water partition coefficient (Wildman–Crippen LogP) is 3.69. The largest absolute Gasteiger partial charge is 0.573 e. The van der Waals surface area contributed by atoms with E-state index in [1.54, 1.807) is 0 Å². The summed E-state index contributed by atoms with van der Waals surface area (Å²) in [5.41, 5.74) is 7.66. The number of halogens is 3. The molecule has 96 valence electrons. The second kappa shape index (κ2) is 4.99. The molecular weight excluding hydrogens is 263 g/mol. The molecule has 6 heteroatoms. The fourth-order valence-electron chi connectivity index (χ4n) is 1.52. The van der Waals surface area contributed by atoms with E-state index in [4.69, 9.17) is 5.73 Å². The van der Waals surface area contributed by atoms with Crippen LogP contribution in [0.1, 0.15) is 17.2 Å². The van der Waals surface area contributed by atoms with Crippen molar-refractivity contribution in [2.24, 2.45) is 5.73 Å². The van der Waals surface area contributed by atoms with E-state index in [0.29, 0.717) is 0 Å². The van der Waals surface area contributed by atoms with Gasteiger partial charge in [0.1, 0.15) is 5.75 Å². The van der Waals surface area contributed by atoms with E-state index in [1.807, 2.05) is 16.8 Å². The minimum absolute atomic E-state index is 0.247. The molecule has 2 rings (SSSR count). The SMILES string of the molecule is NC(c1ccc(OC(F)(F)F)cc1)c1ccsc1. The smallest absolute Gasteiger partial charge is 0.406 e. The van der Waals surface area contributed by atoms with Crippen molar-refractivity contribution in [3.8, 4) is 5.75 Å². The Labute approximate surface area is 106 Å². The summed E-state index contributed by atoms with van der Waals surface area (Å²) in [5.74, 6) is -0.247. The molecule has 0 radical (unpaired) electrons. The Morgan fingerprint density at radius 2 is 1.72 bits per heavy atom. The van der Waals surface area contributed by atoms with Gasteiger partial charge in [-0.2, -0.15) is 11.3 Å². The third kappa shape index (κ3) is 3.24. The lowest BCUT2D eigenvalue weighted by Crippen LogP contribution is -2.17. The number of benzene rings is 1. The molecule has 2 N–H and O–H groups in total. The molecule has 0 aliphatic carbocycles. The van der Waals surface area contributed by atoms with Crippen LogP contribution in [-0.2, 0) is 0 Å². The summed E-state index contributed by atoms with van der Waals surface area (Å²) in [5, 5.41) is 3.81. The van der Waals surface area contributed by atoms with Crippen LogP contribution in [0.15, 0.2) is 41.1 Å². The summed E-state index contributed by atoms with van der Waals surface area (Å²) in [6.45, 7) is 0. The maximum Gasteiger partial charge on any atom is 0.573 e. The highest BCUT2D eigenvalue weighted by atomic mass is 32.1. The average Bonchev–Trinajstić information content (AvgIpc) is 2.80. The van der Waals surface area contributed by atoms with Crippen molar-refractivity contribution in [2.45, 2.75) is 12.4 Å². The van der Waals surface area contributed by atoms with Crippen LogP contribution in [0.2, 0.25) is 0 Å². The summed E-state index contributed by atoms with van der Waals surface area (Å²) >= 11 is 1.52. The molecule has 1 aromatic heterocycles. The molecule has 1 atom stereocenters. The van der Waals surface area contributed by atoms with Crippen molar-refractivity contribution >= 4 is 11.3 Å². The first-order valence-electron chi connectivity index (χ1n) is 5.09. The monoisotopic (exact) mass is 273 g/mol. The Kier molecular flexibility index (Phi) is 3.58. The molecule has 0 saturated carbocycles. The number of hydrogen-bond acceptors (Lipinski definition) is 3. The Bertz CT molecular complexity index is 493. The van der Waals surface area contributed by atoms with Crippen molar-refractivity contribution in [2.75, 3.05) is 0 Å². The van der Waals surface area contributed by atoms with Gasteiger partial charge in [0.25, 0.3) is 0 Å². The summed E-state index contributed by atoms with van der Waals surface area (Å²) in [7, 11) is 0. The summed E-state index contributed by atoms with van der Waals surface area (Å²) in [6.07, 6.45) is -4.67. The average molecular weight is 273 g/mol. The Morgan fingerprint density at radius 3 is 2.22 bits per heavy atom. The highest BCUT2D eigenvalue weighted by Crippen LogP contribution is 2.26. The summed E-state index contributed by atoms with van der Waals surface area (Å²) in [6, 6.07) is 7.13. The van der Waals surface area contributed by atoms with Crippen molar-refractivity contribution < 1.29 is 17.9 Å². The van der Waals surface area contributed by atoms with Gasteiger partial charge in [0.05, 0.1) is 6.04 Å². The number of ether oxygens (including phenoxy) is 1. The Balaban J connectivity index is 2.13. The quantitative estimate of drug-likeness (QED) is 0.925. The molecule has 0 aliphatic rings. The minimum atomic E-state index is -4.67. The topological polar surface area (TPSA) is 35.2 Å². The zero-order chi connectivity index (χ0) is 13.2. The van der Waals surface area contributed by atoms with Crippen LogP contribution in [0.25, 0.3) is 0 Å². The predicted molar refractivity (Wildman–Crippen MR) is 63.5 cm³/mol. The second-order valence-electron chi connectivity index (χ2n) is 3.65. The normalized spacial score (nSPS) is 13.3. The number of thiophene rings is 1. The maximum atomic E-state index is 12.0. The molecule has 0 aliphatic heterocycles. The van der Waals surface area contributed by atoms with Crippen LogP contribution in [0.3, 0.4) is 0 Å². The zero-order valence-electron chi connectivity index (χ0n) is 9.15. The van der Waals surface area contributed by atoms with Gasteiger partial charge in [-0.25, -0.2) is 0 Å². The van der Waals surface area contributed by atoms with Crippen molar-refractivity contribution in [1.29, 1.82) is 0 Å². The second-order valence-corrected chi connectivity index (χ2v) is 4.43. The third-order valence-electron chi connectivity index (χ3n) is 2.38. The van der Waals surface area contributed by atoms with Gasteiger partial charge in [-0.1, -0.05) is 12.1 Å². The summed E-state index contributed by atoms with van der Waals surface area (Å²) < 4.78 is 39.7. The van der Waals surface area contributed by atoms with Crippen molar-refractivity contribution in [3.05, 3.63) is 52.2 Å². The lowest BCUT2D eigenvalue weighted by Gasteiger charge is -2.12. The van der Waals surface area contributed by atoms with E-state index < -0.39 is 6.36 Å². The summed E-state index contributed by atoms with van der Waals surface area (Å²) in [4.78, 5) is 0. The van der Waals surface area contributed by atoms with E-state index in [1.165, 1.54) is 35.6 Å². The van der Waals surface area contributed by atoms with Crippen LogP contribution in [0, 0.1) is 0 Å². The highest BCUT2D eigenvalue weighted by Gasteiger charge is 2.31. The standard InChI is InChI=1S/C12H10F3NOS/c13-12(14,15)17-10-3-1-8(2-4-10)11(16)9-5-6-18-7-9/h1-7,11H,16H2. The maximum absolute atomic E-state index is 12.0. The van der Waals surface area contributed by atoms with Gasteiger partial charge >= 0.3 is 6.36 Å². The zero-order valence-corrected chi connectivity index (χ0v) is 9.96. The van der Waals surface area contributed by atoms with Crippen LogP contribution < -0.4 is 10.5 Å². The van der Waals surface area contributed by atoms with Gasteiger partial charge in [-0.15, -0.1) is 13.2 Å². The molecule has 0 bridgehead atoms. The number of hydrogen-bond donors (Lipinski definition) is 1. The molecule has 1 unspecified atom stereocenters. The van der Waals surface area contributed by atoms with Crippen LogP contribution in [-0.4, -0.2) is 6.36 Å². The first kappa shape index (κ1) is 12.9. The number of nitrogens with two attached hydrogens (primary N) is 1.